The lowest BCUT2D eigenvalue weighted by atomic mass is 10.0. The number of nitrogens with zero attached hydrogens (tertiary/aromatic N) is 1. The highest BCUT2D eigenvalue weighted by atomic mass is 32.1. The van der Waals surface area contributed by atoms with Crippen molar-refractivity contribution in [1.29, 1.82) is 0 Å². The zero-order valence-electron chi connectivity index (χ0n) is 12.5. The van der Waals surface area contributed by atoms with Crippen molar-refractivity contribution in [2.45, 2.75) is 77.7 Å². The fraction of sp³-hybridized carbons (Fsp3) is 0.800. The average molecular weight is 283 g/mol. The van der Waals surface area contributed by atoms with Crippen LogP contribution in [0.1, 0.15) is 80.6 Å². The van der Waals surface area contributed by atoms with E-state index in [1.165, 1.54) is 56.2 Å². The minimum Gasteiger partial charge on any atom is -0.271 e. The van der Waals surface area contributed by atoms with Crippen molar-refractivity contribution in [1.82, 2.24) is 10.4 Å². The van der Waals surface area contributed by atoms with Crippen molar-refractivity contribution in [3.05, 3.63) is 16.1 Å². The molecule has 0 bridgehead atoms. The normalized spacial score (nSPS) is 12.8. The number of nitrogens with two attached hydrogens (primary N) is 1. The number of hydrazine groups is 1. The summed E-state index contributed by atoms with van der Waals surface area (Å²) in [5.74, 6) is 5.64. The zero-order valence-corrected chi connectivity index (χ0v) is 13.3. The first kappa shape index (κ1) is 16.6. The van der Waals surface area contributed by atoms with Gasteiger partial charge >= 0.3 is 0 Å². The van der Waals surface area contributed by atoms with Crippen LogP contribution in [-0.2, 0) is 0 Å². The van der Waals surface area contributed by atoms with Gasteiger partial charge < -0.3 is 0 Å². The number of aromatic nitrogens is 1. The molecule has 0 aliphatic rings. The number of hydrogen-bond donors (Lipinski definition) is 2. The second kappa shape index (κ2) is 10.4. The van der Waals surface area contributed by atoms with Crippen molar-refractivity contribution in [2.24, 2.45) is 5.84 Å². The molecule has 0 saturated heterocycles. The summed E-state index contributed by atoms with van der Waals surface area (Å²) in [6, 6.07) is 0.284. The number of aryl methyl sites for hydroxylation is 1. The Bertz CT molecular complexity index is 325. The first-order chi connectivity index (χ1) is 9.27. The summed E-state index contributed by atoms with van der Waals surface area (Å²) >= 11 is 1.74. The van der Waals surface area contributed by atoms with Gasteiger partial charge in [-0.2, -0.15) is 0 Å². The van der Waals surface area contributed by atoms with Crippen LogP contribution in [0.3, 0.4) is 0 Å². The van der Waals surface area contributed by atoms with Crippen molar-refractivity contribution in [2.75, 3.05) is 0 Å². The van der Waals surface area contributed by atoms with E-state index in [1.807, 2.05) is 13.1 Å². The Morgan fingerprint density at radius 3 is 2.32 bits per heavy atom. The van der Waals surface area contributed by atoms with E-state index >= 15 is 0 Å². The van der Waals surface area contributed by atoms with Gasteiger partial charge in [-0.05, 0) is 13.3 Å². The Kier molecular flexibility index (Phi) is 9.05. The molecule has 110 valence electrons. The first-order valence-corrected chi connectivity index (χ1v) is 8.48. The van der Waals surface area contributed by atoms with Gasteiger partial charge in [0.1, 0.15) is 0 Å². The lowest BCUT2D eigenvalue weighted by Gasteiger charge is -2.13. The van der Waals surface area contributed by atoms with E-state index in [-0.39, 0.29) is 6.04 Å². The van der Waals surface area contributed by atoms with Gasteiger partial charge in [0.05, 0.1) is 11.0 Å². The Morgan fingerprint density at radius 2 is 1.79 bits per heavy atom. The van der Waals surface area contributed by atoms with Crippen molar-refractivity contribution in [3.8, 4) is 0 Å². The predicted molar refractivity (Wildman–Crippen MR) is 84.1 cm³/mol. The molecule has 19 heavy (non-hydrogen) atoms. The Labute approximate surface area is 122 Å². The number of thiazole rings is 1. The fourth-order valence-corrected chi connectivity index (χ4v) is 3.21. The van der Waals surface area contributed by atoms with Crippen LogP contribution in [0.2, 0.25) is 0 Å². The molecule has 1 aromatic heterocycles. The summed E-state index contributed by atoms with van der Waals surface area (Å²) in [6.07, 6.45) is 13.9. The molecule has 3 N–H and O–H groups in total. The second-order valence-corrected chi connectivity index (χ2v) is 6.53. The molecule has 3 nitrogen and oxygen atoms in total. The predicted octanol–water partition coefficient (Wildman–Crippen LogP) is 4.49. The van der Waals surface area contributed by atoms with Gasteiger partial charge in [0.25, 0.3) is 0 Å². The lowest BCUT2D eigenvalue weighted by molar-refractivity contribution is 0.480. The van der Waals surface area contributed by atoms with Gasteiger partial charge in [-0.15, -0.1) is 11.3 Å². The molecule has 1 unspecified atom stereocenters. The molecule has 1 aromatic rings. The quantitative estimate of drug-likeness (QED) is 0.357. The van der Waals surface area contributed by atoms with Crippen LogP contribution in [0.4, 0.5) is 0 Å². The summed E-state index contributed by atoms with van der Waals surface area (Å²) in [5.41, 5.74) is 2.92. The largest absolute Gasteiger partial charge is 0.271 e. The third kappa shape index (κ3) is 7.04. The minimum absolute atomic E-state index is 0.284. The van der Waals surface area contributed by atoms with Gasteiger partial charge in [0.15, 0.2) is 0 Å². The molecule has 0 amide bonds. The molecule has 0 aliphatic carbocycles. The van der Waals surface area contributed by atoms with E-state index < -0.39 is 0 Å². The van der Waals surface area contributed by atoms with E-state index in [0.29, 0.717) is 0 Å². The van der Waals surface area contributed by atoms with Crippen LogP contribution >= 0.6 is 11.3 Å². The molecule has 0 aromatic carbocycles. The van der Waals surface area contributed by atoms with Gasteiger partial charge in [-0.3, -0.25) is 11.3 Å². The Hall–Kier alpha value is -0.450. The summed E-state index contributed by atoms with van der Waals surface area (Å²) in [7, 11) is 0. The van der Waals surface area contributed by atoms with Crippen LogP contribution < -0.4 is 11.3 Å². The van der Waals surface area contributed by atoms with E-state index in [9.17, 15) is 0 Å². The minimum atomic E-state index is 0.284. The van der Waals surface area contributed by atoms with Crippen molar-refractivity contribution in [3.63, 3.8) is 0 Å². The van der Waals surface area contributed by atoms with Crippen molar-refractivity contribution >= 4 is 11.3 Å². The summed E-state index contributed by atoms with van der Waals surface area (Å²) < 4.78 is 0. The van der Waals surface area contributed by atoms with Crippen LogP contribution in [0.25, 0.3) is 0 Å². The monoisotopic (exact) mass is 283 g/mol. The highest BCUT2D eigenvalue weighted by Crippen LogP contribution is 2.24. The van der Waals surface area contributed by atoms with Gasteiger partial charge in [0, 0.05) is 11.1 Å². The molecule has 1 atom stereocenters. The van der Waals surface area contributed by atoms with Crippen LogP contribution in [0, 0.1) is 6.92 Å². The maximum absolute atomic E-state index is 5.64. The van der Waals surface area contributed by atoms with Crippen LogP contribution in [-0.4, -0.2) is 4.98 Å². The van der Waals surface area contributed by atoms with Gasteiger partial charge in [-0.25, -0.2) is 4.98 Å². The van der Waals surface area contributed by atoms with Crippen molar-refractivity contribution < 1.29 is 0 Å². The topological polar surface area (TPSA) is 50.9 Å². The molecule has 4 heteroatoms. The van der Waals surface area contributed by atoms with E-state index in [4.69, 9.17) is 5.84 Å². The maximum atomic E-state index is 5.64. The summed E-state index contributed by atoms with van der Waals surface area (Å²) in [6.45, 7) is 4.30. The maximum Gasteiger partial charge on any atom is 0.0897 e. The molecular weight excluding hydrogens is 254 g/mol. The number of nitrogens with one attached hydrogen (secondary N) is 1. The third-order valence-electron chi connectivity index (χ3n) is 3.53. The lowest BCUT2D eigenvalue weighted by Crippen LogP contribution is -2.27. The fourth-order valence-electron chi connectivity index (χ4n) is 2.33. The third-order valence-corrected chi connectivity index (χ3v) is 4.56. The van der Waals surface area contributed by atoms with Gasteiger partial charge in [0.2, 0.25) is 0 Å². The summed E-state index contributed by atoms with van der Waals surface area (Å²) in [4.78, 5) is 5.56. The van der Waals surface area contributed by atoms with E-state index in [1.54, 1.807) is 11.3 Å². The molecule has 1 rings (SSSR count). The number of rotatable bonds is 11. The molecule has 0 radical (unpaired) electrons. The average Bonchev–Trinajstić information content (AvgIpc) is 2.83. The number of unbranched alkanes of at least 4 members (excludes halogenated alkanes) is 7. The molecule has 0 spiro atoms. The van der Waals surface area contributed by atoms with Crippen LogP contribution in [0.15, 0.2) is 6.20 Å². The molecular formula is C15H29N3S. The van der Waals surface area contributed by atoms with E-state index in [0.717, 1.165) is 11.4 Å². The molecule has 0 saturated carbocycles. The van der Waals surface area contributed by atoms with E-state index in [2.05, 4.69) is 17.3 Å². The molecule has 0 aliphatic heterocycles. The zero-order chi connectivity index (χ0) is 13.9. The summed E-state index contributed by atoms with van der Waals surface area (Å²) in [5, 5.41) is 1.12. The highest BCUT2D eigenvalue weighted by molar-refractivity contribution is 7.11. The smallest absolute Gasteiger partial charge is 0.0897 e. The molecule has 0 fully saturated rings. The first-order valence-electron chi connectivity index (χ1n) is 7.66. The van der Waals surface area contributed by atoms with Crippen LogP contribution in [0.5, 0.6) is 0 Å². The second-order valence-electron chi connectivity index (χ2n) is 5.26. The Balaban J connectivity index is 2.07. The standard InChI is InChI=1S/C15H29N3S/c1-3-4-5-6-7-8-9-10-11-14(18-16)15-12-17-13(2)19-15/h12,14,18H,3-11,16H2,1-2H3. The number of hydrogen-bond acceptors (Lipinski definition) is 4. The van der Waals surface area contributed by atoms with Gasteiger partial charge in [-0.1, -0.05) is 58.3 Å². The Morgan fingerprint density at radius 1 is 1.16 bits per heavy atom. The molecule has 1 heterocycles. The highest BCUT2D eigenvalue weighted by Gasteiger charge is 2.11. The SMILES string of the molecule is CCCCCCCCCCC(NN)c1cnc(C)s1.